The van der Waals surface area contributed by atoms with E-state index in [4.69, 9.17) is 9.84 Å². The number of carbonyl (C=O) groups excluding carboxylic acids is 1. The highest BCUT2D eigenvalue weighted by Crippen LogP contribution is 2.10. The molecule has 0 fully saturated rings. The predicted molar refractivity (Wildman–Crippen MR) is 78.4 cm³/mol. The Balaban J connectivity index is 2.75. The second kappa shape index (κ2) is 8.24. The van der Waals surface area contributed by atoms with Gasteiger partial charge in [-0.2, -0.15) is 0 Å². The highest BCUT2D eigenvalue weighted by atomic mass is 16.5. The summed E-state index contributed by atoms with van der Waals surface area (Å²) in [5, 5.41) is 11.6. The SMILES string of the molecule is CCCCC(NC(=O)c1cccc(OC(C)C)n1)C(=O)O. The summed E-state index contributed by atoms with van der Waals surface area (Å²) in [6.07, 6.45) is 1.96. The number of pyridine rings is 1. The van der Waals surface area contributed by atoms with Gasteiger partial charge in [0.15, 0.2) is 0 Å². The van der Waals surface area contributed by atoms with Gasteiger partial charge in [0.1, 0.15) is 11.7 Å². The average Bonchev–Trinajstić information content (AvgIpc) is 2.42. The number of ether oxygens (including phenoxy) is 1. The van der Waals surface area contributed by atoms with Gasteiger partial charge in [-0.15, -0.1) is 0 Å². The van der Waals surface area contributed by atoms with Gasteiger partial charge in [-0.05, 0) is 26.3 Å². The van der Waals surface area contributed by atoms with E-state index < -0.39 is 17.9 Å². The molecule has 1 aromatic rings. The Morgan fingerprint density at radius 2 is 2.10 bits per heavy atom. The molecule has 0 bridgehead atoms. The molecular weight excluding hydrogens is 272 g/mol. The Bertz CT molecular complexity index is 488. The van der Waals surface area contributed by atoms with Crippen LogP contribution in [0, 0.1) is 0 Å². The first-order chi connectivity index (χ1) is 9.93. The fraction of sp³-hybridized carbons (Fsp3) is 0.533. The van der Waals surface area contributed by atoms with E-state index >= 15 is 0 Å². The van der Waals surface area contributed by atoms with E-state index in [1.807, 2.05) is 20.8 Å². The number of rotatable bonds is 8. The van der Waals surface area contributed by atoms with Crippen LogP contribution >= 0.6 is 0 Å². The minimum Gasteiger partial charge on any atom is -0.480 e. The second-order valence-corrected chi connectivity index (χ2v) is 5.03. The normalized spacial score (nSPS) is 12.0. The van der Waals surface area contributed by atoms with Crippen molar-refractivity contribution in [3.05, 3.63) is 23.9 Å². The molecule has 0 spiro atoms. The first-order valence-corrected chi connectivity index (χ1v) is 7.11. The molecule has 0 aliphatic rings. The molecular formula is C15H22N2O4. The molecule has 21 heavy (non-hydrogen) atoms. The third-order valence-corrected chi connectivity index (χ3v) is 2.76. The number of carboxylic acids is 1. The monoisotopic (exact) mass is 294 g/mol. The fourth-order valence-electron chi connectivity index (χ4n) is 1.75. The molecule has 6 nitrogen and oxygen atoms in total. The number of aliphatic carboxylic acids is 1. The van der Waals surface area contributed by atoms with Crippen LogP contribution in [0.2, 0.25) is 0 Å². The Morgan fingerprint density at radius 1 is 1.38 bits per heavy atom. The second-order valence-electron chi connectivity index (χ2n) is 5.03. The van der Waals surface area contributed by atoms with Crippen molar-refractivity contribution in [1.82, 2.24) is 10.3 Å². The molecule has 0 saturated heterocycles. The van der Waals surface area contributed by atoms with Gasteiger partial charge in [-0.1, -0.05) is 25.8 Å². The van der Waals surface area contributed by atoms with Crippen molar-refractivity contribution in [2.75, 3.05) is 0 Å². The van der Waals surface area contributed by atoms with Crippen LogP contribution in [0.25, 0.3) is 0 Å². The van der Waals surface area contributed by atoms with Crippen LogP contribution in [0.1, 0.15) is 50.5 Å². The fourth-order valence-corrected chi connectivity index (χ4v) is 1.75. The van der Waals surface area contributed by atoms with Gasteiger partial charge in [0, 0.05) is 6.07 Å². The largest absolute Gasteiger partial charge is 0.480 e. The highest BCUT2D eigenvalue weighted by molar-refractivity contribution is 5.95. The molecule has 0 radical (unpaired) electrons. The molecule has 2 N–H and O–H groups in total. The summed E-state index contributed by atoms with van der Waals surface area (Å²) in [5.74, 6) is -1.20. The molecule has 1 heterocycles. The lowest BCUT2D eigenvalue weighted by molar-refractivity contribution is -0.139. The average molecular weight is 294 g/mol. The van der Waals surface area contributed by atoms with Crippen LogP contribution in [0.5, 0.6) is 5.88 Å². The maximum Gasteiger partial charge on any atom is 0.326 e. The van der Waals surface area contributed by atoms with Gasteiger partial charge < -0.3 is 15.2 Å². The number of aromatic nitrogens is 1. The molecule has 1 unspecified atom stereocenters. The van der Waals surface area contributed by atoms with Crippen LogP contribution in [0.4, 0.5) is 0 Å². The van der Waals surface area contributed by atoms with Gasteiger partial charge >= 0.3 is 5.97 Å². The van der Waals surface area contributed by atoms with E-state index in [2.05, 4.69) is 10.3 Å². The maximum atomic E-state index is 12.1. The van der Waals surface area contributed by atoms with Crippen LogP contribution in [-0.2, 0) is 4.79 Å². The quantitative estimate of drug-likeness (QED) is 0.767. The third kappa shape index (κ3) is 5.81. The minimum atomic E-state index is -1.04. The van der Waals surface area contributed by atoms with Gasteiger partial charge in [0.05, 0.1) is 6.10 Å². The number of nitrogens with zero attached hydrogens (tertiary/aromatic N) is 1. The first kappa shape index (κ1) is 16.9. The van der Waals surface area contributed by atoms with Crippen molar-refractivity contribution in [2.24, 2.45) is 0 Å². The lowest BCUT2D eigenvalue weighted by Gasteiger charge is -2.14. The molecule has 1 aromatic heterocycles. The molecule has 1 amide bonds. The zero-order chi connectivity index (χ0) is 15.8. The molecule has 1 rings (SSSR count). The highest BCUT2D eigenvalue weighted by Gasteiger charge is 2.20. The number of carboxylic acid groups (broad SMARTS) is 1. The van der Waals surface area contributed by atoms with Crippen molar-refractivity contribution in [3.8, 4) is 5.88 Å². The van der Waals surface area contributed by atoms with Crippen molar-refractivity contribution in [3.63, 3.8) is 0 Å². The summed E-state index contributed by atoms with van der Waals surface area (Å²) in [5.41, 5.74) is 0.149. The third-order valence-electron chi connectivity index (χ3n) is 2.76. The zero-order valence-electron chi connectivity index (χ0n) is 12.6. The number of carbonyl (C=O) groups is 2. The van der Waals surface area contributed by atoms with Crippen LogP contribution in [-0.4, -0.2) is 34.1 Å². The topological polar surface area (TPSA) is 88.5 Å². The molecule has 6 heteroatoms. The molecule has 0 saturated carbocycles. The molecule has 0 aliphatic carbocycles. The maximum absolute atomic E-state index is 12.1. The Morgan fingerprint density at radius 3 is 2.67 bits per heavy atom. The van der Waals surface area contributed by atoms with Crippen LogP contribution < -0.4 is 10.1 Å². The minimum absolute atomic E-state index is 0.0490. The molecule has 0 aliphatic heterocycles. The van der Waals surface area contributed by atoms with Crippen LogP contribution in [0.3, 0.4) is 0 Å². The summed E-state index contributed by atoms with van der Waals surface area (Å²) in [7, 11) is 0. The van der Waals surface area contributed by atoms with Gasteiger partial charge in [0.25, 0.3) is 5.91 Å². The predicted octanol–water partition coefficient (Wildman–Crippen LogP) is 2.24. The van der Waals surface area contributed by atoms with Gasteiger partial charge in [-0.3, -0.25) is 4.79 Å². The van der Waals surface area contributed by atoms with E-state index in [1.54, 1.807) is 12.1 Å². The number of hydrogen-bond donors (Lipinski definition) is 2. The Hall–Kier alpha value is -2.11. The lowest BCUT2D eigenvalue weighted by Crippen LogP contribution is -2.41. The summed E-state index contributed by atoms with van der Waals surface area (Å²) in [6.45, 7) is 5.69. The standard InChI is InChI=1S/C15H22N2O4/c1-4-5-7-12(15(19)20)17-14(18)11-8-6-9-13(16-11)21-10(2)3/h6,8-10,12H,4-5,7H2,1-3H3,(H,17,18)(H,19,20). The summed E-state index contributed by atoms with van der Waals surface area (Å²) < 4.78 is 5.41. The van der Waals surface area contributed by atoms with E-state index in [0.29, 0.717) is 12.3 Å². The van der Waals surface area contributed by atoms with Crippen molar-refractivity contribution in [1.29, 1.82) is 0 Å². The number of unbranched alkanes of at least 4 members (excludes halogenated alkanes) is 1. The van der Waals surface area contributed by atoms with Crippen molar-refractivity contribution < 1.29 is 19.4 Å². The molecule has 1 atom stereocenters. The number of nitrogens with one attached hydrogen (secondary N) is 1. The van der Waals surface area contributed by atoms with E-state index in [-0.39, 0.29) is 11.8 Å². The summed E-state index contributed by atoms with van der Waals surface area (Å²) >= 11 is 0. The van der Waals surface area contributed by atoms with Crippen LogP contribution in [0.15, 0.2) is 18.2 Å². The summed E-state index contributed by atoms with van der Waals surface area (Å²) in [6, 6.07) is 3.94. The van der Waals surface area contributed by atoms with Gasteiger partial charge in [0.2, 0.25) is 5.88 Å². The van der Waals surface area contributed by atoms with E-state index in [0.717, 1.165) is 12.8 Å². The van der Waals surface area contributed by atoms with E-state index in [1.165, 1.54) is 6.07 Å². The van der Waals surface area contributed by atoms with E-state index in [9.17, 15) is 9.59 Å². The lowest BCUT2D eigenvalue weighted by atomic mass is 10.1. The van der Waals surface area contributed by atoms with Gasteiger partial charge in [-0.25, -0.2) is 9.78 Å². The Kier molecular flexibility index (Phi) is 6.65. The number of amides is 1. The van der Waals surface area contributed by atoms with Crippen molar-refractivity contribution >= 4 is 11.9 Å². The van der Waals surface area contributed by atoms with Crippen molar-refractivity contribution in [2.45, 2.75) is 52.2 Å². The number of hydrogen-bond acceptors (Lipinski definition) is 4. The smallest absolute Gasteiger partial charge is 0.326 e. The molecule has 0 aromatic carbocycles. The Labute approximate surface area is 124 Å². The zero-order valence-corrected chi connectivity index (χ0v) is 12.6. The first-order valence-electron chi connectivity index (χ1n) is 7.11. The molecule has 116 valence electrons. The summed E-state index contributed by atoms with van der Waals surface area (Å²) in [4.78, 5) is 27.3.